The number of thioether (sulfide) groups is 1. The molecule has 1 aromatic heterocycles. The van der Waals surface area contributed by atoms with Crippen molar-refractivity contribution in [2.45, 2.75) is 29.5 Å². The predicted molar refractivity (Wildman–Crippen MR) is 108 cm³/mol. The van der Waals surface area contributed by atoms with Gasteiger partial charge in [0.2, 0.25) is 11.8 Å². The Morgan fingerprint density at radius 3 is 2.50 bits per heavy atom. The Morgan fingerprint density at radius 2 is 1.82 bits per heavy atom. The van der Waals surface area contributed by atoms with Crippen molar-refractivity contribution in [1.82, 2.24) is 14.8 Å². The molecule has 2 N–H and O–H groups in total. The molecule has 28 heavy (non-hydrogen) atoms. The fourth-order valence-corrected chi connectivity index (χ4v) is 4.17. The van der Waals surface area contributed by atoms with Gasteiger partial charge in [0, 0.05) is 16.3 Å². The summed E-state index contributed by atoms with van der Waals surface area (Å²) >= 11 is 1.59. The van der Waals surface area contributed by atoms with Crippen LogP contribution in [0.3, 0.4) is 0 Å². The smallest absolute Gasteiger partial charge is 0.249 e. The van der Waals surface area contributed by atoms with Crippen LogP contribution in [-0.4, -0.2) is 31.8 Å². The third kappa shape index (κ3) is 3.91. The number of benzene rings is 2. The largest absolute Gasteiger partial charge is 0.325 e. The van der Waals surface area contributed by atoms with E-state index in [-0.39, 0.29) is 17.1 Å². The number of nitrogens with zero attached hydrogens (tertiary/aromatic N) is 3. The van der Waals surface area contributed by atoms with E-state index in [9.17, 15) is 9.59 Å². The fourth-order valence-electron chi connectivity index (χ4n) is 2.97. The lowest BCUT2D eigenvalue weighted by molar-refractivity contribution is -0.119. The van der Waals surface area contributed by atoms with Crippen LogP contribution < -0.4 is 10.6 Å². The van der Waals surface area contributed by atoms with Crippen molar-refractivity contribution in [2.75, 3.05) is 10.6 Å². The van der Waals surface area contributed by atoms with Crippen LogP contribution in [0.1, 0.15) is 18.5 Å². The van der Waals surface area contributed by atoms with E-state index >= 15 is 0 Å². The van der Waals surface area contributed by atoms with E-state index in [0.717, 1.165) is 6.42 Å². The van der Waals surface area contributed by atoms with E-state index in [4.69, 9.17) is 0 Å². The molecule has 4 rings (SSSR count). The molecule has 0 radical (unpaired) electrons. The van der Waals surface area contributed by atoms with Crippen molar-refractivity contribution >= 4 is 35.0 Å². The number of rotatable bonds is 5. The minimum absolute atomic E-state index is 0.0159. The Bertz CT molecular complexity index is 963. The highest BCUT2D eigenvalue weighted by Gasteiger charge is 2.28. The van der Waals surface area contributed by atoms with E-state index in [1.165, 1.54) is 27.8 Å². The molecule has 0 spiro atoms. The van der Waals surface area contributed by atoms with Gasteiger partial charge in [0.1, 0.15) is 18.7 Å². The molecular weight excluding hydrogens is 374 g/mol. The minimum atomic E-state index is -0.470. The number of nitrogens with one attached hydrogen (secondary N) is 2. The first-order valence-electron chi connectivity index (χ1n) is 8.90. The van der Waals surface area contributed by atoms with Gasteiger partial charge in [-0.05, 0) is 49.2 Å². The van der Waals surface area contributed by atoms with Gasteiger partial charge in [0.25, 0.3) is 0 Å². The molecule has 0 bridgehead atoms. The third-order valence-electron chi connectivity index (χ3n) is 4.57. The van der Waals surface area contributed by atoms with E-state index in [1.54, 1.807) is 43.0 Å². The first kappa shape index (κ1) is 18.2. The maximum absolute atomic E-state index is 12.5. The van der Waals surface area contributed by atoms with Gasteiger partial charge in [0.05, 0.1) is 5.25 Å². The van der Waals surface area contributed by atoms with Crippen molar-refractivity contribution in [3.63, 3.8) is 0 Å². The second kappa shape index (κ2) is 7.85. The van der Waals surface area contributed by atoms with Crippen LogP contribution in [0.15, 0.2) is 66.1 Å². The average Bonchev–Trinajstić information content (AvgIpc) is 3.38. The van der Waals surface area contributed by atoms with Crippen molar-refractivity contribution in [2.24, 2.45) is 0 Å². The molecule has 2 unspecified atom stereocenters. The number of amides is 2. The molecule has 1 aliphatic heterocycles. The van der Waals surface area contributed by atoms with Gasteiger partial charge in [0.15, 0.2) is 0 Å². The van der Waals surface area contributed by atoms with Crippen molar-refractivity contribution in [1.29, 1.82) is 0 Å². The summed E-state index contributed by atoms with van der Waals surface area (Å²) in [6.45, 7) is 1.75. The first-order valence-corrected chi connectivity index (χ1v) is 9.78. The summed E-state index contributed by atoms with van der Waals surface area (Å²) in [5.74, 6) is -0.208. The average molecular weight is 393 g/mol. The molecule has 8 heteroatoms. The minimum Gasteiger partial charge on any atom is -0.325 e. The van der Waals surface area contributed by atoms with Crippen LogP contribution >= 0.6 is 11.8 Å². The summed E-state index contributed by atoms with van der Waals surface area (Å²) in [5, 5.41) is 9.63. The van der Waals surface area contributed by atoms with Gasteiger partial charge in [-0.15, -0.1) is 11.8 Å². The number of hydrogen-bond donors (Lipinski definition) is 2. The predicted octanol–water partition coefficient (Wildman–Crippen LogP) is 3.13. The van der Waals surface area contributed by atoms with Crippen molar-refractivity contribution in [3.8, 4) is 0 Å². The van der Waals surface area contributed by atoms with Gasteiger partial charge in [-0.2, -0.15) is 5.10 Å². The number of hydrogen-bond acceptors (Lipinski definition) is 5. The highest BCUT2D eigenvalue weighted by molar-refractivity contribution is 8.01. The van der Waals surface area contributed by atoms with Gasteiger partial charge in [-0.1, -0.05) is 18.2 Å². The lowest BCUT2D eigenvalue weighted by Crippen LogP contribution is -2.25. The second-order valence-corrected chi connectivity index (χ2v) is 7.77. The summed E-state index contributed by atoms with van der Waals surface area (Å²) < 4.78 is 1.49. The standard InChI is InChI=1S/C20H19N5O2S/c1-13(25-12-21-11-22-25)19(26)23-15-6-8-16(9-7-15)24-20(27)18-10-14-4-2-3-5-17(14)28-18/h2-9,11-13,18H,10H2,1H3,(H,23,26)(H,24,27). The molecule has 1 aliphatic rings. The summed E-state index contributed by atoms with van der Waals surface area (Å²) in [5.41, 5.74) is 2.56. The number of carbonyl (C=O) groups excluding carboxylic acids is 2. The SMILES string of the molecule is CC(C(=O)Nc1ccc(NC(=O)C2Cc3ccccc3S2)cc1)n1cncn1. The zero-order valence-electron chi connectivity index (χ0n) is 15.2. The topological polar surface area (TPSA) is 88.9 Å². The highest BCUT2D eigenvalue weighted by Crippen LogP contribution is 2.37. The molecule has 7 nitrogen and oxygen atoms in total. The molecule has 2 aromatic carbocycles. The molecule has 3 aromatic rings. The Hall–Kier alpha value is -3.13. The van der Waals surface area contributed by atoms with Crippen LogP contribution in [0.5, 0.6) is 0 Å². The maximum atomic E-state index is 12.5. The number of aromatic nitrogens is 3. The van der Waals surface area contributed by atoms with Crippen molar-refractivity contribution < 1.29 is 9.59 Å². The van der Waals surface area contributed by atoms with Crippen LogP contribution in [-0.2, 0) is 16.0 Å². The lowest BCUT2D eigenvalue weighted by Gasteiger charge is -2.13. The van der Waals surface area contributed by atoms with E-state index < -0.39 is 6.04 Å². The number of carbonyl (C=O) groups is 2. The van der Waals surface area contributed by atoms with Crippen LogP contribution in [0.2, 0.25) is 0 Å². The summed E-state index contributed by atoms with van der Waals surface area (Å²) in [4.78, 5) is 29.8. The summed E-state index contributed by atoms with van der Waals surface area (Å²) in [6, 6.07) is 14.7. The highest BCUT2D eigenvalue weighted by atomic mass is 32.2. The summed E-state index contributed by atoms with van der Waals surface area (Å²) in [6.07, 6.45) is 3.63. The Kier molecular flexibility index (Phi) is 5.12. The van der Waals surface area contributed by atoms with Crippen molar-refractivity contribution in [3.05, 3.63) is 66.7 Å². The Balaban J connectivity index is 1.33. The monoisotopic (exact) mass is 393 g/mol. The molecule has 142 valence electrons. The number of fused-ring (bicyclic) bond motifs is 1. The lowest BCUT2D eigenvalue weighted by atomic mass is 10.1. The van der Waals surface area contributed by atoms with Crippen LogP contribution in [0, 0.1) is 0 Å². The van der Waals surface area contributed by atoms with Gasteiger partial charge in [-0.25, -0.2) is 9.67 Å². The molecule has 0 aliphatic carbocycles. The van der Waals surface area contributed by atoms with Gasteiger partial charge >= 0.3 is 0 Å². The zero-order valence-corrected chi connectivity index (χ0v) is 16.0. The van der Waals surface area contributed by atoms with Gasteiger partial charge in [-0.3, -0.25) is 9.59 Å². The maximum Gasteiger partial charge on any atom is 0.249 e. The normalized spacial score (nSPS) is 16.2. The summed E-state index contributed by atoms with van der Waals surface area (Å²) in [7, 11) is 0. The van der Waals surface area contributed by atoms with Gasteiger partial charge < -0.3 is 10.6 Å². The molecule has 0 saturated heterocycles. The first-order chi connectivity index (χ1) is 13.6. The molecule has 0 fully saturated rings. The fraction of sp³-hybridized carbons (Fsp3) is 0.200. The Morgan fingerprint density at radius 1 is 1.11 bits per heavy atom. The quantitative estimate of drug-likeness (QED) is 0.695. The zero-order chi connectivity index (χ0) is 19.5. The Labute approximate surface area is 166 Å². The van der Waals surface area contributed by atoms with E-state index in [0.29, 0.717) is 11.4 Å². The van der Waals surface area contributed by atoms with E-state index in [1.807, 2.05) is 18.2 Å². The molecular formula is C20H19N5O2S. The second-order valence-electron chi connectivity index (χ2n) is 6.53. The molecule has 2 atom stereocenters. The number of anilines is 2. The molecule has 2 heterocycles. The van der Waals surface area contributed by atoms with Crippen LogP contribution in [0.4, 0.5) is 11.4 Å². The molecule has 2 amide bonds. The van der Waals surface area contributed by atoms with E-state index in [2.05, 4.69) is 26.8 Å². The van der Waals surface area contributed by atoms with Crippen LogP contribution in [0.25, 0.3) is 0 Å². The third-order valence-corrected chi connectivity index (χ3v) is 5.89. The molecule has 0 saturated carbocycles.